The molecule has 11 nitrogen and oxygen atoms in total. The Balaban J connectivity index is 1.42. The highest BCUT2D eigenvalue weighted by Gasteiger charge is 2.46. The molecule has 39 heavy (non-hydrogen) atoms. The van der Waals surface area contributed by atoms with Crippen molar-refractivity contribution in [2.75, 3.05) is 65.7 Å². The molecular formula is C27H32N4O7S. The summed E-state index contributed by atoms with van der Waals surface area (Å²) < 4.78 is 38.0. The molecule has 0 aliphatic carbocycles. The summed E-state index contributed by atoms with van der Waals surface area (Å²) in [4.78, 5) is 34.4. The van der Waals surface area contributed by atoms with Crippen LogP contribution in [0.1, 0.15) is 23.6 Å². The van der Waals surface area contributed by atoms with E-state index in [1.54, 1.807) is 24.5 Å². The normalized spacial score (nSPS) is 22.9. The van der Waals surface area contributed by atoms with Crippen molar-refractivity contribution >= 4 is 27.5 Å². The first-order valence-corrected chi connectivity index (χ1v) is 14.5. The van der Waals surface area contributed by atoms with Gasteiger partial charge in [0, 0.05) is 57.2 Å². The molecule has 0 saturated carbocycles. The number of carbonyl (C=O) groups excluding carboxylic acids is 2. The second-order valence-electron chi connectivity index (χ2n) is 9.63. The van der Waals surface area contributed by atoms with Crippen LogP contribution in [0.25, 0.3) is 5.76 Å². The van der Waals surface area contributed by atoms with Crippen molar-refractivity contribution in [3.8, 4) is 0 Å². The van der Waals surface area contributed by atoms with Gasteiger partial charge in [0.05, 0.1) is 42.9 Å². The predicted octanol–water partition coefficient (Wildman–Crippen LogP) is 1.25. The third kappa shape index (κ3) is 5.75. The molecule has 1 atom stereocenters. The molecule has 0 radical (unpaired) electrons. The van der Waals surface area contributed by atoms with Gasteiger partial charge in [-0.2, -0.15) is 4.31 Å². The van der Waals surface area contributed by atoms with E-state index in [1.807, 2.05) is 0 Å². The van der Waals surface area contributed by atoms with Crippen molar-refractivity contribution in [1.82, 2.24) is 19.1 Å². The number of hydrogen-bond donors (Lipinski definition) is 1. The van der Waals surface area contributed by atoms with Crippen molar-refractivity contribution in [1.29, 1.82) is 0 Å². The van der Waals surface area contributed by atoms with E-state index < -0.39 is 27.8 Å². The van der Waals surface area contributed by atoms with Gasteiger partial charge in [0.25, 0.3) is 11.7 Å². The Bertz CT molecular complexity index is 1320. The van der Waals surface area contributed by atoms with Crippen LogP contribution in [0.4, 0.5) is 0 Å². The highest BCUT2D eigenvalue weighted by Crippen LogP contribution is 2.39. The Morgan fingerprint density at radius 3 is 2.26 bits per heavy atom. The second kappa shape index (κ2) is 11.9. The lowest BCUT2D eigenvalue weighted by molar-refractivity contribution is -0.140. The van der Waals surface area contributed by atoms with Crippen LogP contribution in [0.15, 0.2) is 59.3 Å². The third-order valence-electron chi connectivity index (χ3n) is 7.25. The molecule has 1 aromatic heterocycles. The molecule has 3 fully saturated rings. The van der Waals surface area contributed by atoms with E-state index in [0.717, 1.165) is 19.6 Å². The van der Waals surface area contributed by atoms with Gasteiger partial charge in [0.15, 0.2) is 0 Å². The number of carbonyl (C=O) groups is 2. The Kier molecular flexibility index (Phi) is 8.38. The largest absolute Gasteiger partial charge is 0.507 e. The summed E-state index contributed by atoms with van der Waals surface area (Å²) in [5.74, 6) is -1.81. The summed E-state index contributed by atoms with van der Waals surface area (Å²) in [6.45, 7) is 5.27. The second-order valence-corrected chi connectivity index (χ2v) is 11.6. The molecule has 3 saturated heterocycles. The van der Waals surface area contributed by atoms with Crippen molar-refractivity contribution in [2.24, 2.45) is 0 Å². The number of aromatic nitrogens is 1. The molecule has 1 unspecified atom stereocenters. The molecular weight excluding hydrogens is 524 g/mol. The number of ketones is 1. The van der Waals surface area contributed by atoms with Crippen LogP contribution in [0, 0.1) is 0 Å². The van der Waals surface area contributed by atoms with Crippen LogP contribution in [0.5, 0.6) is 0 Å². The highest BCUT2D eigenvalue weighted by atomic mass is 32.2. The zero-order chi connectivity index (χ0) is 27.4. The van der Waals surface area contributed by atoms with Gasteiger partial charge in [-0.25, -0.2) is 8.42 Å². The number of aliphatic hydroxyl groups excluding tert-OH is 1. The topological polar surface area (TPSA) is 130 Å². The Morgan fingerprint density at radius 2 is 1.62 bits per heavy atom. The summed E-state index contributed by atoms with van der Waals surface area (Å²) in [5.41, 5.74) is 0.815. The van der Waals surface area contributed by atoms with Crippen molar-refractivity contribution in [2.45, 2.75) is 17.4 Å². The van der Waals surface area contributed by atoms with Crippen LogP contribution in [0.2, 0.25) is 0 Å². The van der Waals surface area contributed by atoms with Gasteiger partial charge in [-0.3, -0.25) is 19.5 Å². The fraction of sp³-hybridized carbons (Fsp3) is 0.444. The van der Waals surface area contributed by atoms with Gasteiger partial charge in [-0.05, 0) is 42.3 Å². The molecule has 1 amide bonds. The van der Waals surface area contributed by atoms with E-state index in [0.29, 0.717) is 45.0 Å². The van der Waals surface area contributed by atoms with Crippen molar-refractivity contribution in [3.63, 3.8) is 0 Å². The quantitative estimate of drug-likeness (QED) is 0.290. The molecule has 1 aromatic carbocycles. The lowest BCUT2D eigenvalue weighted by atomic mass is 9.96. The van der Waals surface area contributed by atoms with Crippen LogP contribution in [0.3, 0.4) is 0 Å². The fourth-order valence-corrected chi connectivity index (χ4v) is 6.57. The van der Waals surface area contributed by atoms with E-state index >= 15 is 0 Å². The van der Waals surface area contributed by atoms with Crippen LogP contribution < -0.4 is 0 Å². The summed E-state index contributed by atoms with van der Waals surface area (Å²) in [7, 11) is -3.72. The number of hydrogen-bond acceptors (Lipinski definition) is 9. The van der Waals surface area contributed by atoms with Crippen molar-refractivity contribution in [3.05, 3.63) is 65.5 Å². The molecule has 0 bridgehead atoms. The molecule has 208 valence electrons. The molecule has 0 spiro atoms. The number of ether oxygens (including phenoxy) is 2. The zero-order valence-electron chi connectivity index (χ0n) is 21.6. The van der Waals surface area contributed by atoms with Gasteiger partial charge >= 0.3 is 0 Å². The Hall–Kier alpha value is -3.16. The molecule has 12 heteroatoms. The van der Waals surface area contributed by atoms with Gasteiger partial charge in [0.2, 0.25) is 10.0 Å². The number of likely N-dealkylation sites (tertiary alicyclic amines) is 1. The predicted molar refractivity (Wildman–Crippen MR) is 141 cm³/mol. The summed E-state index contributed by atoms with van der Waals surface area (Å²) in [6.07, 6.45) is 3.83. The first kappa shape index (κ1) is 27.4. The van der Waals surface area contributed by atoms with Gasteiger partial charge in [-0.15, -0.1) is 0 Å². The number of pyridine rings is 1. The molecule has 5 rings (SSSR count). The first-order chi connectivity index (χ1) is 18.9. The van der Waals surface area contributed by atoms with Gasteiger partial charge in [0.1, 0.15) is 5.76 Å². The Morgan fingerprint density at radius 1 is 0.949 bits per heavy atom. The summed E-state index contributed by atoms with van der Waals surface area (Å²) >= 11 is 0. The minimum absolute atomic E-state index is 0.0387. The highest BCUT2D eigenvalue weighted by molar-refractivity contribution is 7.89. The number of Topliss-reactive ketones (excluding diaryl/α,β-unsaturated/α-hetero) is 1. The maximum atomic E-state index is 13.2. The smallest absolute Gasteiger partial charge is 0.295 e. The van der Waals surface area contributed by atoms with Crippen LogP contribution in [-0.4, -0.2) is 110 Å². The minimum Gasteiger partial charge on any atom is -0.507 e. The average molecular weight is 557 g/mol. The fourth-order valence-electron chi connectivity index (χ4n) is 5.16. The number of morpholine rings is 2. The number of rotatable bonds is 8. The maximum absolute atomic E-state index is 13.2. The zero-order valence-corrected chi connectivity index (χ0v) is 22.4. The summed E-state index contributed by atoms with van der Waals surface area (Å²) in [6, 6.07) is 8.39. The van der Waals surface area contributed by atoms with E-state index in [2.05, 4.69) is 9.88 Å². The van der Waals surface area contributed by atoms with Crippen LogP contribution in [-0.2, 0) is 29.1 Å². The first-order valence-electron chi connectivity index (χ1n) is 13.0. The molecule has 1 N–H and O–H groups in total. The van der Waals surface area contributed by atoms with Crippen molar-refractivity contribution < 1.29 is 32.6 Å². The number of sulfonamides is 1. The summed E-state index contributed by atoms with van der Waals surface area (Å²) in [5, 5.41) is 11.3. The maximum Gasteiger partial charge on any atom is 0.295 e. The molecule has 3 aliphatic heterocycles. The van der Waals surface area contributed by atoms with E-state index in [4.69, 9.17) is 9.47 Å². The minimum atomic E-state index is -3.72. The molecule has 4 heterocycles. The monoisotopic (exact) mass is 556 g/mol. The SMILES string of the molecule is O=C1C(=O)N(CCCN2CCOCC2)C(c2cccnc2)/C1=C(\O)c1ccc(S(=O)(=O)N2CCOCC2)cc1. The van der Waals surface area contributed by atoms with Gasteiger partial charge in [-0.1, -0.05) is 6.07 Å². The van der Waals surface area contributed by atoms with E-state index in [1.165, 1.54) is 33.5 Å². The average Bonchev–Trinajstić information content (AvgIpc) is 3.23. The lowest BCUT2D eigenvalue weighted by Crippen LogP contribution is -2.40. The van der Waals surface area contributed by atoms with E-state index in [-0.39, 0.29) is 34.9 Å². The third-order valence-corrected chi connectivity index (χ3v) is 9.17. The van der Waals surface area contributed by atoms with E-state index in [9.17, 15) is 23.1 Å². The number of aliphatic hydroxyl groups is 1. The van der Waals surface area contributed by atoms with Crippen LogP contribution >= 0.6 is 0 Å². The lowest BCUT2D eigenvalue weighted by Gasteiger charge is -2.29. The number of benzene rings is 1. The standard InChI is InChI=1S/C27H32N4O7S/c32-25(20-4-6-22(7-5-20)39(35,36)30-13-17-38-18-14-30)23-24(21-3-1-8-28-19-21)31(27(34)26(23)33)10-2-9-29-11-15-37-16-12-29/h1,3-8,19,24,32H,2,9-18H2/b25-23+. The number of amides is 1. The number of nitrogens with zero attached hydrogens (tertiary/aromatic N) is 4. The molecule has 3 aliphatic rings. The van der Waals surface area contributed by atoms with Gasteiger partial charge < -0.3 is 19.5 Å². The Labute approximate surface area is 227 Å². The molecule has 2 aromatic rings.